The zero-order valence-electron chi connectivity index (χ0n) is 12.9. The molecular formula is C16H18NO6P. The van der Waals surface area contributed by atoms with Crippen molar-refractivity contribution in [3.63, 3.8) is 0 Å². The first kappa shape index (κ1) is 18.1. The van der Waals surface area contributed by atoms with Crippen molar-refractivity contribution in [1.29, 1.82) is 0 Å². The van der Waals surface area contributed by atoms with Gasteiger partial charge in [-0.25, -0.2) is 4.57 Å². The third-order valence-corrected chi connectivity index (χ3v) is 4.10. The number of benzene rings is 1. The number of rotatable bonds is 5. The van der Waals surface area contributed by atoms with Crippen molar-refractivity contribution in [2.45, 2.75) is 19.3 Å². The Hall–Kier alpha value is -2.21. The maximum Gasteiger partial charge on any atom is 0.448 e. The molecule has 2 atom stereocenters. The first-order chi connectivity index (χ1) is 11.2. The molecule has 0 amide bonds. The Kier molecular flexibility index (Phi) is 5.39. The number of phenolic OH excluding ortho intramolecular Hbond substituents is 1. The van der Waals surface area contributed by atoms with Crippen molar-refractivity contribution in [3.05, 3.63) is 53.8 Å². The average Bonchev–Trinajstić information content (AvgIpc) is 2.45. The summed E-state index contributed by atoms with van der Waals surface area (Å²) in [6.07, 6.45) is 3.82. The predicted octanol–water partition coefficient (Wildman–Crippen LogP) is 2.62. The first-order valence-corrected chi connectivity index (χ1v) is 8.78. The lowest BCUT2D eigenvalue weighted by Crippen LogP contribution is -2.24. The normalized spacial score (nSPS) is 20.7. The molecule has 8 heteroatoms. The summed E-state index contributed by atoms with van der Waals surface area (Å²) in [6.45, 7) is 1.81. The third-order valence-electron chi connectivity index (χ3n) is 3.61. The van der Waals surface area contributed by atoms with Gasteiger partial charge in [0.1, 0.15) is 17.3 Å². The summed E-state index contributed by atoms with van der Waals surface area (Å²) in [4.78, 5) is 30.5. The van der Waals surface area contributed by atoms with E-state index in [1.54, 1.807) is 18.2 Å². The number of carbonyl (C=O) groups is 1. The van der Waals surface area contributed by atoms with Gasteiger partial charge in [0.25, 0.3) is 0 Å². The number of ketones is 1. The molecular weight excluding hydrogens is 333 g/mol. The molecule has 2 rings (SSSR count). The number of hydrogen-bond acceptors (Lipinski definition) is 4. The van der Waals surface area contributed by atoms with Crippen molar-refractivity contribution in [3.8, 4) is 5.75 Å². The van der Waals surface area contributed by atoms with E-state index in [0.29, 0.717) is 0 Å². The Morgan fingerprint density at radius 3 is 2.67 bits per heavy atom. The standard InChI is InChI=1S/C16H18NO6P/c1-10(11-3-2-4-12(18)8-11)7-16(20)14-6-5-13(19)9-15(14)17-24(21,22)23/h2-6,8-10,14,18-19H,7H2,1H3,(H2,21,22,23)/b17-15+. The molecule has 7 nitrogen and oxygen atoms in total. The van der Waals surface area contributed by atoms with Crippen LogP contribution < -0.4 is 0 Å². The van der Waals surface area contributed by atoms with Gasteiger partial charge in [-0.3, -0.25) is 4.79 Å². The number of aliphatic hydroxyl groups excluding tert-OH is 1. The number of nitrogens with zero attached hydrogens (tertiary/aromatic N) is 1. The monoisotopic (exact) mass is 351 g/mol. The number of aliphatic hydroxyl groups is 1. The Bertz CT molecular complexity index is 777. The van der Waals surface area contributed by atoms with Gasteiger partial charge in [0, 0.05) is 12.5 Å². The van der Waals surface area contributed by atoms with E-state index in [1.165, 1.54) is 18.2 Å². The molecule has 4 N–H and O–H groups in total. The number of aromatic hydroxyl groups is 1. The molecule has 1 aliphatic carbocycles. The first-order valence-electron chi connectivity index (χ1n) is 7.22. The van der Waals surface area contributed by atoms with Gasteiger partial charge in [0.15, 0.2) is 0 Å². The Morgan fingerprint density at radius 1 is 1.33 bits per heavy atom. The molecule has 0 aliphatic heterocycles. The highest BCUT2D eigenvalue weighted by atomic mass is 31.2. The molecule has 1 aromatic rings. The molecule has 1 aromatic carbocycles. The van der Waals surface area contributed by atoms with Gasteiger partial charge >= 0.3 is 7.75 Å². The second kappa shape index (κ2) is 7.13. The van der Waals surface area contributed by atoms with Crippen LogP contribution in [0, 0.1) is 5.92 Å². The van der Waals surface area contributed by atoms with Crippen molar-refractivity contribution >= 4 is 19.2 Å². The number of phenols is 1. The molecule has 0 radical (unpaired) electrons. The van der Waals surface area contributed by atoms with Gasteiger partial charge in [-0.05, 0) is 29.7 Å². The molecule has 0 fully saturated rings. The lowest BCUT2D eigenvalue weighted by Gasteiger charge is -2.19. The zero-order valence-corrected chi connectivity index (χ0v) is 13.8. The number of hydrogen-bond donors (Lipinski definition) is 4. The second-order valence-electron chi connectivity index (χ2n) is 5.61. The molecule has 0 bridgehead atoms. The van der Waals surface area contributed by atoms with E-state index in [4.69, 9.17) is 9.79 Å². The smallest absolute Gasteiger partial charge is 0.448 e. The zero-order chi connectivity index (χ0) is 17.9. The molecule has 128 valence electrons. The molecule has 1 aliphatic rings. The van der Waals surface area contributed by atoms with E-state index in [9.17, 15) is 19.6 Å². The number of Topliss-reactive ketones (excluding diaryl/α,β-unsaturated/α-hetero) is 1. The molecule has 0 heterocycles. The fourth-order valence-electron chi connectivity index (χ4n) is 2.47. The fraction of sp³-hybridized carbons (Fsp3) is 0.250. The molecule has 0 aromatic heterocycles. The van der Waals surface area contributed by atoms with E-state index in [1.807, 2.05) is 6.92 Å². The Morgan fingerprint density at radius 2 is 2.04 bits per heavy atom. The van der Waals surface area contributed by atoms with Crippen LogP contribution >= 0.6 is 7.75 Å². The van der Waals surface area contributed by atoms with E-state index in [0.717, 1.165) is 11.6 Å². The summed E-state index contributed by atoms with van der Waals surface area (Å²) >= 11 is 0. The van der Waals surface area contributed by atoms with Gasteiger partial charge in [0.2, 0.25) is 0 Å². The van der Waals surface area contributed by atoms with Crippen molar-refractivity contribution in [2.24, 2.45) is 10.7 Å². The lowest BCUT2D eigenvalue weighted by atomic mass is 9.86. The summed E-state index contributed by atoms with van der Waals surface area (Å²) < 4.78 is 14.3. The van der Waals surface area contributed by atoms with E-state index >= 15 is 0 Å². The van der Waals surface area contributed by atoms with Crippen LogP contribution in [0.4, 0.5) is 0 Å². The van der Waals surface area contributed by atoms with E-state index in [2.05, 4.69) is 4.76 Å². The van der Waals surface area contributed by atoms with Crippen molar-refractivity contribution in [1.82, 2.24) is 0 Å². The van der Waals surface area contributed by atoms with Crippen LogP contribution in [0.5, 0.6) is 5.75 Å². The average molecular weight is 351 g/mol. The van der Waals surface area contributed by atoms with Crippen LogP contribution in [0.15, 0.2) is 53.0 Å². The van der Waals surface area contributed by atoms with Crippen LogP contribution in [0.3, 0.4) is 0 Å². The number of carbonyl (C=O) groups excluding carboxylic acids is 1. The Labute approximate surface area is 138 Å². The van der Waals surface area contributed by atoms with Gasteiger partial charge in [-0.15, -0.1) is 0 Å². The minimum atomic E-state index is -4.72. The number of allylic oxidation sites excluding steroid dienone is 3. The maximum absolute atomic E-state index is 12.5. The topological polar surface area (TPSA) is 127 Å². The summed E-state index contributed by atoms with van der Waals surface area (Å²) in [5, 5.41) is 19.0. The van der Waals surface area contributed by atoms with Gasteiger partial charge in [-0.2, -0.15) is 4.76 Å². The Balaban J connectivity index is 2.20. The molecule has 0 spiro atoms. The summed E-state index contributed by atoms with van der Waals surface area (Å²) in [5.74, 6) is -1.56. The molecule has 0 saturated heterocycles. The molecule has 0 saturated carbocycles. The van der Waals surface area contributed by atoms with Crippen LogP contribution in [0.1, 0.15) is 24.8 Å². The fourth-order valence-corrected chi connectivity index (χ4v) is 2.96. The summed E-state index contributed by atoms with van der Waals surface area (Å²) in [5.41, 5.74) is 0.603. The minimum absolute atomic E-state index is 0.0905. The SMILES string of the molecule is CC(CC(=O)C1C=CC(O)=C/C1=N\P(=O)(O)O)c1cccc(O)c1. The van der Waals surface area contributed by atoms with Crippen LogP contribution in [0.2, 0.25) is 0 Å². The van der Waals surface area contributed by atoms with E-state index in [-0.39, 0.29) is 35.3 Å². The minimum Gasteiger partial charge on any atom is -0.508 e. The lowest BCUT2D eigenvalue weighted by molar-refractivity contribution is -0.120. The quantitative estimate of drug-likeness (QED) is 0.604. The van der Waals surface area contributed by atoms with E-state index < -0.39 is 13.7 Å². The maximum atomic E-state index is 12.5. The third kappa shape index (κ3) is 4.89. The van der Waals surface area contributed by atoms with Crippen LogP contribution in [-0.4, -0.2) is 31.5 Å². The molecule has 24 heavy (non-hydrogen) atoms. The second-order valence-corrected chi connectivity index (χ2v) is 6.84. The highest BCUT2D eigenvalue weighted by Crippen LogP contribution is 2.38. The van der Waals surface area contributed by atoms with Crippen molar-refractivity contribution < 1.29 is 29.4 Å². The largest absolute Gasteiger partial charge is 0.508 e. The highest BCUT2D eigenvalue weighted by Gasteiger charge is 2.27. The van der Waals surface area contributed by atoms with Gasteiger partial charge in [0.05, 0.1) is 11.6 Å². The highest BCUT2D eigenvalue weighted by molar-refractivity contribution is 7.50. The predicted molar refractivity (Wildman–Crippen MR) is 89.0 cm³/mol. The van der Waals surface area contributed by atoms with Gasteiger partial charge < -0.3 is 20.0 Å². The molecule has 2 unspecified atom stereocenters. The van der Waals surface area contributed by atoms with Crippen molar-refractivity contribution in [2.75, 3.05) is 0 Å². The van der Waals surface area contributed by atoms with Crippen LogP contribution in [0.25, 0.3) is 0 Å². The van der Waals surface area contributed by atoms with Crippen LogP contribution in [-0.2, 0) is 9.36 Å². The van der Waals surface area contributed by atoms with Gasteiger partial charge in [-0.1, -0.05) is 25.1 Å². The summed E-state index contributed by atoms with van der Waals surface area (Å²) in [7, 11) is -4.72. The summed E-state index contributed by atoms with van der Waals surface area (Å²) in [6, 6.07) is 6.55.